The second kappa shape index (κ2) is 10.0. The summed E-state index contributed by atoms with van der Waals surface area (Å²) in [4.78, 5) is 26.1. The maximum atomic E-state index is 12.1. The minimum absolute atomic E-state index is 0.107. The summed E-state index contributed by atoms with van der Waals surface area (Å²) in [6, 6.07) is 6.64. The first-order valence-corrected chi connectivity index (χ1v) is 8.78. The second-order valence-corrected chi connectivity index (χ2v) is 6.52. The number of carbonyl (C=O) groups excluding carboxylic acids is 2. The highest BCUT2D eigenvalue weighted by Crippen LogP contribution is 2.09. The van der Waals surface area contributed by atoms with Crippen LogP contribution in [-0.2, 0) is 4.74 Å². The van der Waals surface area contributed by atoms with E-state index in [-0.39, 0.29) is 11.9 Å². The number of nitrogens with one attached hydrogen (secondary N) is 3. The van der Waals surface area contributed by atoms with Gasteiger partial charge in [0.2, 0.25) is 0 Å². The van der Waals surface area contributed by atoms with Gasteiger partial charge in [0.1, 0.15) is 0 Å². The van der Waals surface area contributed by atoms with E-state index in [2.05, 4.69) is 20.9 Å². The summed E-state index contributed by atoms with van der Waals surface area (Å²) in [6.07, 6.45) is 0. The van der Waals surface area contributed by atoms with Crippen LogP contribution < -0.4 is 16.0 Å². The molecule has 1 aromatic carbocycles. The number of anilines is 1. The Kier molecular flexibility index (Phi) is 7.69. The Morgan fingerprint density at radius 1 is 1.12 bits per heavy atom. The largest absolute Gasteiger partial charge is 0.379 e. The van der Waals surface area contributed by atoms with E-state index in [1.54, 1.807) is 24.3 Å². The van der Waals surface area contributed by atoms with Crippen LogP contribution in [0.3, 0.4) is 0 Å². The van der Waals surface area contributed by atoms with Gasteiger partial charge in [-0.3, -0.25) is 9.69 Å². The van der Waals surface area contributed by atoms with Gasteiger partial charge >= 0.3 is 6.03 Å². The molecule has 0 unspecified atom stereocenters. The number of amides is 3. The van der Waals surface area contributed by atoms with E-state index in [0.717, 1.165) is 32.8 Å². The zero-order valence-electron chi connectivity index (χ0n) is 15.0. The van der Waals surface area contributed by atoms with E-state index < -0.39 is 0 Å². The van der Waals surface area contributed by atoms with Gasteiger partial charge in [0.25, 0.3) is 5.91 Å². The maximum absolute atomic E-state index is 12.1. The summed E-state index contributed by atoms with van der Waals surface area (Å²) in [5, 5.41) is 8.45. The third kappa shape index (κ3) is 7.11. The Labute approximate surface area is 149 Å². The third-order valence-electron chi connectivity index (χ3n) is 3.89. The Balaban J connectivity index is 1.72. The first kappa shape index (κ1) is 19.2. The van der Waals surface area contributed by atoms with Gasteiger partial charge in [-0.05, 0) is 30.2 Å². The molecule has 1 aliphatic rings. The van der Waals surface area contributed by atoms with Crippen molar-refractivity contribution >= 4 is 17.6 Å². The van der Waals surface area contributed by atoms with E-state index in [4.69, 9.17) is 4.74 Å². The predicted octanol–water partition coefficient (Wildman–Crippen LogP) is 1.53. The van der Waals surface area contributed by atoms with E-state index >= 15 is 0 Å². The Morgan fingerprint density at radius 2 is 1.80 bits per heavy atom. The number of urea groups is 1. The molecule has 2 rings (SSSR count). The molecule has 0 aliphatic carbocycles. The number of rotatable bonds is 7. The number of hydrogen-bond donors (Lipinski definition) is 3. The summed E-state index contributed by atoms with van der Waals surface area (Å²) in [6.45, 7) is 9.46. The maximum Gasteiger partial charge on any atom is 0.319 e. The number of hydrogen-bond acceptors (Lipinski definition) is 4. The molecule has 0 radical (unpaired) electrons. The van der Waals surface area contributed by atoms with Crippen molar-refractivity contribution in [2.75, 3.05) is 51.3 Å². The average Bonchev–Trinajstić information content (AvgIpc) is 2.61. The Bertz CT molecular complexity index is 554. The number of nitrogens with zero attached hydrogens (tertiary/aromatic N) is 1. The van der Waals surface area contributed by atoms with E-state index in [1.165, 1.54) is 0 Å². The molecule has 1 fully saturated rings. The zero-order chi connectivity index (χ0) is 18.1. The first-order valence-electron chi connectivity index (χ1n) is 8.78. The van der Waals surface area contributed by atoms with Gasteiger partial charge in [0.15, 0.2) is 0 Å². The molecular weight excluding hydrogens is 320 g/mol. The van der Waals surface area contributed by atoms with Gasteiger partial charge in [0, 0.05) is 44.0 Å². The molecule has 0 saturated carbocycles. The van der Waals surface area contributed by atoms with Crippen molar-refractivity contribution < 1.29 is 14.3 Å². The predicted molar refractivity (Wildman–Crippen MR) is 97.9 cm³/mol. The van der Waals surface area contributed by atoms with Crippen LogP contribution in [0.4, 0.5) is 10.5 Å². The highest BCUT2D eigenvalue weighted by molar-refractivity contribution is 5.95. The fraction of sp³-hybridized carbons (Fsp3) is 0.556. The van der Waals surface area contributed by atoms with E-state index in [9.17, 15) is 9.59 Å². The van der Waals surface area contributed by atoms with Crippen LogP contribution in [0.1, 0.15) is 24.2 Å². The molecule has 0 bridgehead atoms. The SMILES string of the molecule is CC(C)CNC(=O)Nc1ccc(C(=O)NCCN2CCOCC2)cc1. The van der Waals surface area contributed by atoms with Gasteiger partial charge in [-0.1, -0.05) is 13.8 Å². The van der Waals surface area contributed by atoms with E-state index in [0.29, 0.717) is 30.3 Å². The van der Waals surface area contributed by atoms with E-state index in [1.807, 2.05) is 13.8 Å². The molecule has 1 saturated heterocycles. The van der Waals surface area contributed by atoms with Crippen molar-refractivity contribution in [3.8, 4) is 0 Å². The molecule has 0 aromatic heterocycles. The van der Waals surface area contributed by atoms with Crippen molar-refractivity contribution in [2.45, 2.75) is 13.8 Å². The van der Waals surface area contributed by atoms with Crippen LogP contribution in [0, 0.1) is 5.92 Å². The van der Waals surface area contributed by atoms with Crippen LogP contribution in [0.2, 0.25) is 0 Å². The quantitative estimate of drug-likeness (QED) is 0.698. The number of benzene rings is 1. The molecule has 1 aliphatic heterocycles. The van der Waals surface area contributed by atoms with Crippen LogP contribution in [0.5, 0.6) is 0 Å². The van der Waals surface area contributed by atoms with Crippen LogP contribution >= 0.6 is 0 Å². The fourth-order valence-electron chi connectivity index (χ4n) is 2.43. The summed E-state index contributed by atoms with van der Waals surface area (Å²) in [5.74, 6) is 0.290. The highest BCUT2D eigenvalue weighted by atomic mass is 16.5. The minimum Gasteiger partial charge on any atom is -0.379 e. The molecule has 3 N–H and O–H groups in total. The summed E-state index contributed by atoms with van der Waals surface area (Å²) < 4.78 is 5.30. The third-order valence-corrected chi connectivity index (χ3v) is 3.89. The Morgan fingerprint density at radius 3 is 2.44 bits per heavy atom. The monoisotopic (exact) mass is 348 g/mol. The lowest BCUT2D eigenvalue weighted by Crippen LogP contribution is -2.41. The molecule has 7 nitrogen and oxygen atoms in total. The normalized spacial score (nSPS) is 15.0. The lowest BCUT2D eigenvalue weighted by Gasteiger charge is -2.26. The standard InChI is InChI=1S/C18H28N4O3/c1-14(2)13-20-18(24)21-16-5-3-15(4-6-16)17(23)19-7-8-22-9-11-25-12-10-22/h3-6,14H,7-13H2,1-2H3,(H,19,23)(H2,20,21,24). The first-order chi connectivity index (χ1) is 12.0. The Hall–Kier alpha value is -2.12. The molecule has 25 heavy (non-hydrogen) atoms. The highest BCUT2D eigenvalue weighted by Gasteiger charge is 2.11. The lowest BCUT2D eigenvalue weighted by atomic mass is 10.2. The van der Waals surface area contributed by atoms with Gasteiger partial charge in [-0.25, -0.2) is 4.79 Å². The molecule has 1 aromatic rings. The minimum atomic E-state index is -0.239. The molecule has 0 atom stereocenters. The smallest absolute Gasteiger partial charge is 0.319 e. The molecular formula is C18H28N4O3. The number of ether oxygens (including phenoxy) is 1. The summed E-state index contributed by atoms with van der Waals surface area (Å²) >= 11 is 0. The molecule has 3 amide bonds. The average molecular weight is 348 g/mol. The van der Waals surface area contributed by atoms with Crippen LogP contribution in [0.15, 0.2) is 24.3 Å². The summed E-state index contributed by atoms with van der Waals surface area (Å²) in [7, 11) is 0. The molecule has 7 heteroatoms. The van der Waals surface area contributed by atoms with Crippen molar-refractivity contribution in [2.24, 2.45) is 5.92 Å². The topological polar surface area (TPSA) is 82.7 Å². The summed E-state index contributed by atoms with van der Waals surface area (Å²) in [5.41, 5.74) is 1.24. The van der Waals surface area contributed by atoms with Gasteiger partial charge in [0.05, 0.1) is 13.2 Å². The number of carbonyl (C=O) groups is 2. The van der Waals surface area contributed by atoms with Crippen molar-refractivity contribution in [3.05, 3.63) is 29.8 Å². The van der Waals surface area contributed by atoms with Crippen molar-refractivity contribution in [1.29, 1.82) is 0 Å². The lowest BCUT2D eigenvalue weighted by molar-refractivity contribution is 0.0383. The van der Waals surface area contributed by atoms with Crippen LogP contribution in [-0.4, -0.2) is 62.8 Å². The van der Waals surface area contributed by atoms with Gasteiger partial charge in [-0.15, -0.1) is 0 Å². The zero-order valence-corrected chi connectivity index (χ0v) is 15.0. The van der Waals surface area contributed by atoms with Gasteiger partial charge in [-0.2, -0.15) is 0 Å². The van der Waals surface area contributed by atoms with Crippen LogP contribution in [0.25, 0.3) is 0 Å². The fourth-order valence-corrected chi connectivity index (χ4v) is 2.43. The second-order valence-electron chi connectivity index (χ2n) is 6.52. The van der Waals surface area contributed by atoms with Crippen molar-refractivity contribution in [3.63, 3.8) is 0 Å². The molecule has 138 valence electrons. The number of morpholine rings is 1. The van der Waals surface area contributed by atoms with Gasteiger partial charge < -0.3 is 20.7 Å². The molecule has 1 heterocycles. The van der Waals surface area contributed by atoms with Crippen molar-refractivity contribution in [1.82, 2.24) is 15.5 Å². The molecule has 0 spiro atoms.